The molecule has 2 aromatic rings. The van der Waals surface area contributed by atoms with Gasteiger partial charge in [0.2, 0.25) is 0 Å². The fourth-order valence-corrected chi connectivity index (χ4v) is 2.15. The topological polar surface area (TPSA) is 70.3 Å². The summed E-state index contributed by atoms with van der Waals surface area (Å²) in [6.45, 7) is 1.50. The number of hydrogen-bond donors (Lipinski definition) is 1. The summed E-state index contributed by atoms with van der Waals surface area (Å²) in [4.78, 5) is 10.7. The molecule has 0 atom stereocenters. The quantitative estimate of drug-likeness (QED) is 0.660. The molecule has 0 spiro atoms. The van der Waals surface area contributed by atoms with Gasteiger partial charge < -0.3 is 9.84 Å². The van der Waals surface area contributed by atoms with E-state index in [9.17, 15) is 10.1 Å². The summed E-state index contributed by atoms with van der Waals surface area (Å²) in [6, 6.07) is 14.5. The van der Waals surface area contributed by atoms with Crippen molar-refractivity contribution in [3.05, 3.63) is 64.2 Å². The van der Waals surface area contributed by atoms with E-state index >= 15 is 0 Å². The minimum Gasteiger partial charge on any atom is -0.481 e. The van der Waals surface area contributed by atoms with Crippen molar-refractivity contribution in [2.24, 2.45) is 0 Å². The Labute approximate surface area is 139 Å². The molecule has 0 fully saturated rings. The number of ether oxygens (including phenoxy) is 1. The van der Waals surface area contributed by atoms with Crippen LogP contribution in [0.1, 0.15) is 16.7 Å². The fourth-order valence-electron chi connectivity index (χ4n) is 1.97. The van der Waals surface area contributed by atoms with E-state index in [-0.39, 0.29) is 0 Å². The number of carboxylic acids is 1. The van der Waals surface area contributed by atoms with Gasteiger partial charge in [-0.15, -0.1) is 0 Å². The number of carbonyl (C=O) groups is 1. The first-order valence-electron chi connectivity index (χ1n) is 6.82. The normalized spacial score (nSPS) is 10.9. The molecular weight excluding hydrogens is 314 g/mol. The molecule has 0 aliphatic heterocycles. The van der Waals surface area contributed by atoms with Gasteiger partial charge in [-0.1, -0.05) is 41.4 Å². The smallest absolute Gasteiger partial charge is 0.341 e. The first kappa shape index (κ1) is 16.6. The number of nitrogens with zero attached hydrogens (tertiary/aromatic N) is 1. The van der Waals surface area contributed by atoms with Crippen LogP contribution in [-0.4, -0.2) is 17.7 Å². The summed E-state index contributed by atoms with van der Waals surface area (Å²) in [5.74, 6) is -0.717. The van der Waals surface area contributed by atoms with E-state index in [1.807, 2.05) is 31.2 Å². The number of aliphatic carboxylic acids is 1. The summed E-state index contributed by atoms with van der Waals surface area (Å²) >= 11 is 5.99. The molecule has 0 radical (unpaired) electrons. The average molecular weight is 328 g/mol. The van der Waals surface area contributed by atoms with Crippen LogP contribution < -0.4 is 4.74 Å². The zero-order valence-corrected chi connectivity index (χ0v) is 13.2. The Morgan fingerprint density at radius 1 is 1.30 bits per heavy atom. The Morgan fingerprint density at radius 2 is 2.00 bits per heavy atom. The Kier molecular flexibility index (Phi) is 5.40. The number of aryl methyl sites for hydroxylation is 1. The standard InChI is InChI=1S/C18H14ClNO3/c1-12-2-4-13(5-3-12)15(10-20)8-14-9-16(19)6-7-17(14)23-11-18(21)22/h2-9H,11H2,1H3,(H,21,22)/b15-8+. The summed E-state index contributed by atoms with van der Waals surface area (Å²) in [6.07, 6.45) is 1.63. The highest BCUT2D eigenvalue weighted by atomic mass is 35.5. The lowest BCUT2D eigenvalue weighted by atomic mass is 10.0. The summed E-state index contributed by atoms with van der Waals surface area (Å²) < 4.78 is 5.24. The van der Waals surface area contributed by atoms with Crippen molar-refractivity contribution in [2.45, 2.75) is 6.92 Å². The van der Waals surface area contributed by atoms with Crippen LogP contribution in [0.3, 0.4) is 0 Å². The molecular formula is C18H14ClNO3. The third-order valence-electron chi connectivity index (χ3n) is 3.11. The molecule has 4 nitrogen and oxygen atoms in total. The highest BCUT2D eigenvalue weighted by Gasteiger charge is 2.08. The molecule has 0 heterocycles. The molecule has 23 heavy (non-hydrogen) atoms. The van der Waals surface area contributed by atoms with E-state index in [0.717, 1.165) is 11.1 Å². The van der Waals surface area contributed by atoms with E-state index in [4.69, 9.17) is 21.4 Å². The average Bonchev–Trinajstić information content (AvgIpc) is 2.52. The second kappa shape index (κ2) is 7.48. The van der Waals surface area contributed by atoms with Crippen molar-refractivity contribution in [3.63, 3.8) is 0 Å². The van der Waals surface area contributed by atoms with E-state index in [1.54, 1.807) is 24.3 Å². The SMILES string of the molecule is Cc1ccc(/C(C#N)=C/c2cc(Cl)ccc2OCC(=O)O)cc1. The van der Waals surface area contributed by atoms with Gasteiger partial charge in [0.15, 0.2) is 6.61 Å². The Morgan fingerprint density at radius 3 is 2.61 bits per heavy atom. The molecule has 5 heteroatoms. The van der Waals surface area contributed by atoms with E-state index in [0.29, 0.717) is 21.9 Å². The van der Waals surface area contributed by atoms with Crippen molar-refractivity contribution in [1.29, 1.82) is 5.26 Å². The monoisotopic (exact) mass is 327 g/mol. The van der Waals surface area contributed by atoms with Gasteiger partial charge in [-0.25, -0.2) is 4.79 Å². The van der Waals surface area contributed by atoms with Crippen molar-refractivity contribution in [3.8, 4) is 11.8 Å². The molecule has 2 rings (SSSR count). The number of rotatable bonds is 5. The number of halogens is 1. The van der Waals surface area contributed by atoms with Crippen molar-refractivity contribution < 1.29 is 14.6 Å². The van der Waals surface area contributed by atoms with Gasteiger partial charge in [0, 0.05) is 10.6 Å². The third-order valence-corrected chi connectivity index (χ3v) is 3.34. The lowest BCUT2D eigenvalue weighted by Gasteiger charge is -2.08. The van der Waals surface area contributed by atoms with Crippen LogP contribution in [0.5, 0.6) is 5.75 Å². The first-order chi connectivity index (χ1) is 11.0. The summed E-state index contributed by atoms with van der Waals surface area (Å²) in [5, 5.41) is 18.6. The van der Waals surface area contributed by atoms with E-state index in [1.165, 1.54) is 0 Å². The Balaban J connectivity index is 2.42. The molecule has 0 aromatic heterocycles. The number of allylic oxidation sites excluding steroid dienone is 1. The zero-order chi connectivity index (χ0) is 16.8. The number of benzene rings is 2. The van der Waals surface area contributed by atoms with Gasteiger partial charge in [0.05, 0.1) is 11.6 Å². The summed E-state index contributed by atoms with van der Waals surface area (Å²) in [7, 11) is 0. The van der Waals surface area contributed by atoms with Crippen LogP contribution in [0.2, 0.25) is 5.02 Å². The number of carboxylic acid groups (broad SMARTS) is 1. The zero-order valence-electron chi connectivity index (χ0n) is 12.4. The van der Waals surface area contributed by atoms with Crippen molar-refractivity contribution >= 4 is 29.2 Å². The second-order valence-corrected chi connectivity index (χ2v) is 5.34. The molecule has 0 saturated carbocycles. The number of nitriles is 1. The van der Waals surface area contributed by atoms with Gasteiger partial charge in [-0.2, -0.15) is 5.26 Å². The largest absolute Gasteiger partial charge is 0.481 e. The van der Waals surface area contributed by atoms with Crippen molar-refractivity contribution in [2.75, 3.05) is 6.61 Å². The molecule has 2 aromatic carbocycles. The van der Waals surface area contributed by atoms with Crippen LogP contribution in [0, 0.1) is 18.3 Å². The predicted molar refractivity (Wildman–Crippen MR) is 89.2 cm³/mol. The highest BCUT2D eigenvalue weighted by Crippen LogP contribution is 2.27. The molecule has 0 aliphatic rings. The molecule has 0 unspecified atom stereocenters. The lowest BCUT2D eigenvalue weighted by molar-refractivity contribution is -0.139. The lowest BCUT2D eigenvalue weighted by Crippen LogP contribution is -2.10. The highest BCUT2D eigenvalue weighted by molar-refractivity contribution is 6.30. The maximum atomic E-state index is 10.7. The van der Waals surface area contributed by atoms with Gasteiger partial charge in [0.25, 0.3) is 0 Å². The van der Waals surface area contributed by atoms with Crippen LogP contribution in [0.25, 0.3) is 11.6 Å². The molecule has 0 amide bonds. The molecule has 116 valence electrons. The predicted octanol–water partition coefficient (Wildman–Crippen LogP) is 4.18. The minimum atomic E-state index is -1.08. The summed E-state index contributed by atoms with van der Waals surface area (Å²) in [5.41, 5.74) is 2.85. The maximum absolute atomic E-state index is 10.7. The van der Waals surface area contributed by atoms with Gasteiger partial charge in [0.1, 0.15) is 5.75 Å². The molecule has 0 aliphatic carbocycles. The fraction of sp³-hybridized carbons (Fsp3) is 0.111. The van der Waals surface area contributed by atoms with Gasteiger partial charge in [-0.05, 0) is 36.8 Å². The third kappa shape index (κ3) is 4.60. The van der Waals surface area contributed by atoms with E-state index in [2.05, 4.69) is 6.07 Å². The maximum Gasteiger partial charge on any atom is 0.341 e. The Bertz CT molecular complexity index is 789. The minimum absolute atomic E-state index is 0.358. The van der Waals surface area contributed by atoms with E-state index < -0.39 is 12.6 Å². The van der Waals surface area contributed by atoms with Crippen molar-refractivity contribution in [1.82, 2.24) is 0 Å². The second-order valence-electron chi connectivity index (χ2n) is 4.90. The van der Waals surface area contributed by atoms with Crippen LogP contribution >= 0.6 is 11.6 Å². The van der Waals surface area contributed by atoms with Gasteiger partial charge >= 0.3 is 5.97 Å². The van der Waals surface area contributed by atoms with Crippen LogP contribution in [-0.2, 0) is 4.79 Å². The molecule has 0 saturated heterocycles. The molecule has 0 bridgehead atoms. The van der Waals surface area contributed by atoms with Crippen LogP contribution in [0.4, 0.5) is 0 Å². The Hall–Kier alpha value is -2.77. The van der Waals surface area contributed by atoms with Crippen LogP contribution in [0.15, 0.2) is 42.5 Å². The number of hydrogen-bond acceptors (Lipinski definition) is 3. The van der Waals surface area contributed by atoms with Gasteiger partial charge in [-0.3, -0.25) is 0 Å². The molecule has 1 N–H and O–H groups in total. The first-order valence-corrected chi connectivity index (χ1v) is 7.20.